The molecule has 3 heteroatoms. The Kier molecular flexibility index (Phi) is 6.30. The third-order valence-electron chi connectivity index (χ3n) is 6.83. The van der Waals surface area contributed by atoms with Crippen molar-refractivity contribution >= 4 is 24.4 Å². The zero-order valence-electron chi connectivity index (χ0n) is 20.1. The van der Waals surface area contributed by atoms with E-state index in [1.54, 1.807) is 0 Å². The van der Waals surface area contributed by atoms with Gasteiger partial charge in [0, 0.05) is 17.6 Å². The molecule has 0 saturated carbocycles. The molecule has 0 spiro atoms. The highest BCUT2D eigenvalue weighted by atomic mass is 16.4. The fourth-order valence-corrected chi connectivity index (χ4v) is 4.88. The van der Waals surface area contributed by atoms with E-state index in [1.807, 2.05) is 6.07 Å². The zero-order valence-corrected chi connectivity index (χ0v) is 20.1. The molecule has 0 radical (unpaired) electrons. The van der Waals surface area contributed by atoms with E-state index in [2.05, 4.69) is 144 Å². The van der Waals surface area contributed by atoms with Gasteiger partial charge in [-0.15, -0.1) is 0 Å². The molecule has 0 aromatic heterocycles. The first-order chi connectivity index (χ1) is 17.8. The molecule has 1 unspecified atom stereocenters. The lowest BCUT2D eigenvalue weighted by molar-refractivity contribution is -0.308. The van der Waals surface area contributed by atoms with Crippen LogP contribution in [0.15, 0.2) is 140 Å². The standard InChI is InChI=1S/C33H27BNO/c1-4-10-26(11-5-1)28-16-18-30(19-17-28)31-24-35(34(36-25-31)32-14-8-3-9-15-32)33-22-20-29(21-23-33)27-12-6-2-7-13-27/h1-24,31H,25H2/q+1. The summed E-state index contributed by atoms with van der Waals surface area (Å²) in [6, 6.07) is 49.1. The Morgan fingerprint density at radius 3 is 1.56 bits per heavy atom. The molecule has 0 bridgehead atoms. The Labute approximate surface area is 213 Å². The molecule has 1 aliphatic rings. The van der Waals surface area contributed by atoms with Crippen LogP contribution in [0, 0.1) is 0 Å². The summed E-state index contributed by atoms with van der Waals surface area (Å²) in [4.78, 5) is 0. The molecule has 1 heterocycles. The second-order valence-corrected chi connectivity index (χ2v) is 9.16. The van der Waals surface area contributed by atoms with E-state index < -0.39 is 0 Å². The maximum atomic E-state index is 6.52. The predicted octanol–water partition coefficient (Wildman–Crippen LogP) is 6.94. The molecule has 36 heavy (non-hydrogen) atoms. The molecule has 0 N–H and O–H groups in total. The Morgan fingerprint density at radius 1 is 0.528 bits per heavy atom. The van der Waals surface area contributed by atoms with Crippen molar-refractivity contribution in [3.05, 3.63) is 145 Å². The highest BCUT2D eigenvalue weighted by Crippen LogP contribution is 2.27. The monoisotopic (exact) mass is 464 g/mol. The summed E-state index contributed by atoms with van der Waals surface area (Å²) < 4.78 is 8.80. The van der Waals surface area contributed by atoms with Crippen molar-refractivity contribution in [2.45, 2.75) is 5.92 Å². The molecule has 1 aliphatic heterocycles. The van der Waals surface area contributed by atoms with Gasteiger partial charge in [0.1, 0.15) is 6.21 Å². The molecular formula is C33H27BNO+. The van der Waals surface area contributed by atoms with Crippen molar-refractivity contribution in [2.75, 3.05) is 6.61 Å². The van der Waals surface area contributed by atoms with Crippen LogP contribution in [0.25, 0.3) is 22.3 Å². The van der Waals surface area contributed by atoms with Gasteiger partial charge in [-0.3, -0.25) is 4.49 Å². The summed E-state index contributed by atoms with van der Waals surface area (Å²) in [5, 5.41) is 0. The van der Waals surface area contributed by atoms with Gasteiger partial charge in [-0.2, -0.15) is 0 Å². The molecule has 6 rings (SSSR count). The molecule has 5 aromatic carbocycles. The Balaban J connectivity index is 1.35. The maximum absolute atomic E-state index is 6.52. The molecule has 0 aliphatic carbocycles. The number of hydrogen-bond donors (Lipinski definition) is 0. The minimum absolute atomic E-state index is 0.159. The van der Waals surface area contributed by atoms with Gasteiger partial charge in [0.2, 0.25) is 0 Å². The Hall–Kier alpha value is -4.21. The molecule has 2 nitrogen and oxygen atoms in total. The lowest BCUT2D eigenvalue weighted by atomic mass is 9.70. The van der Waals surface area contributed by atoms with Crippen molar-refractivity contribution in [3.63, 3.8) is 0 Å². The highest BCUT2D eigenvalue weighted by Gasteiger charge is 2.42. The number of nitrogens with zero attached hydrogens (tertiary/aromatic N) is 1. The molecule has 172 valence electrons. The van der Waals surface area contributed by atoms with Crippen LogP contribution in [0.3, 0.4) is 0 Å². The van der Waals surface area contributed by atoms with Crippen LogP contribution in [0.4, 0.5) is 5.69 Å². The van der Waals surface area contributed by atoms with E-state index in [9.17, 15) is 0 Å². The largest absolute Gasteiger partial charge is 0.696 e. The molecule has 0 fully saturated rings. The van der Waals surface area contributed by atoms with Crippen LogP contribution in [-0.2, 0) is 4.65 Å². The third-order valence-corrected chi connectivity index (χ3v) is 6.83. The first kappa shape index (κ1) is 22.3. The fraction of sp³-hybridized carbons (Fsp3) is 0.0606. The number of benzene rings is 5. The fourth-order valence-electron chi connectivity index (χ4n) is 4.88. The zero-order chi connectivity index (χ0) is 24.2. The van der Waals surface area contributed by atoms with Crippen LogP contribution < -0.4 is 5.46 Å². The lowest BCUT2D eigenvalue weighted by Crippen LogP contribution is -2.48. The van der Waals surface area contributed by atoms with Crippen molar-refractivity contribution in [1.29, 1.82) is 0 Å². The average molecular weight is 464 g/mol. The van der Waals surface area contributed by atoms with Gasteiger partial charge in [-0.1, -0.05) is 115 Å². The van der Waals surface area contributed by atoms with Crippen LogP contribution in [-0.4, -0.2) is 24.4 Å². The van der Waals surface area contributed by atoms with Crippen LogP contribution in [0.1, 0.15) is 11.5 Å². The summed E-state index contributed by atoms with van der Waals surface area (Å²) in [6.45, 7) is 0.642. The summed E-state index contributed by atoms with van der Waals surface area (Å²) in [6.07, 6.45) is 2.33. The van der Waals surface area contributed by atoms with Crippen molar-refractivity contribution in [1.82, 2.24) is 0 Å². The van der Waals surface area contributed by atoms with Crippen LogP contribution >= 0.6 is 0 Å². The second-order valence-electron chi connectivity index (χ2n) is 9.16. The Bertz CT molecular complexity index is 1450. The predicted molar refractivity (Wildman–Crippen MR) is 150 cm³/mol. The third kappa shape index (κ3) is 4.66. The van der Waals surface area contributed by atoms with Gasteiger partial charge in [0.15, 0.2) is 5.69 Å². The summed E-state index contributed by atoms with van der Waals surface area (Å²) in [5.74, 6) is 0.170. The van der Waals surface area contributed by atoms with Gasteiger partial charge in [-0.25, -0.2) is 0 Å². The molecular weight excluding hydrogens is 437 g/mol. The van der Waals surface area contributed by atoms with Gasteiger partial charge in [0.25, 0.3) is 0 Å². The first-order valence-corrected chi connectivity index (χ1v) is 12.5. The van der Waals surface area contributed by atoms with Crippen molar-refractivity contribution in [3.8, 4) is 22.3 Å². The lowest BCUT2D eigenvalue weighted by Gasteiger charge is -2.22. The van der Waals surface area contributed by atoms with E-state index in [4.69, 9.17) is 4.65 Å². The van der Waals surface area contributed by atoms with Crippen molar-refractivity contribution in [2.24, 2.45) is 0 Å². The van der Waals surface area contributed by atoms with Crippen LogP contribution in [0.5, 0.6) is 0 Å². The topological polar surface area (TPSA) is 12.2 Å². The minimum Gasteiger partial charge on any atom is -0.368 e. The van der Waals surface area contributed by atoms with E-state index in [0.717, 1.165) is 11.2 Å². The molecule has 1 atom stereocenters. The van der Waals surface area contributed by atoms with Gasteiger partial charge in [0.05, 0.1) is 12.5 Å². The van der Waals surface area contributed by atoms with Gasteiger partial charge >= 0.3 is 7.05 Å². The van der Waals surface area contributed by atoms with E-state index in [-0.39, 0.29) is 13.0 Å². The molecule has 0 amide bonds. The molecule has 0 saturated heterocycles. The minimum atomic E-state index is -0.159. The highest BCUT2D eigenvalue weighted by molar-refractivity contribution is 6.60. The SMILES string of the molecule is C1=[N+](c2ccc(-c3ccccc3)cc2)B(c2ccccc2)OCC1c1ccc(-c2ccccc2)cc1. The number of rotatable bonds is 5. The van der Waals surface area contributed by atoms with Gasteiger partial charge in [-0.05, 0) is 39.9 Å². The van der Waals surface area contributed by atoms with Crippen molar-refractivity contribution < 1.29 is 9.14 Å². The maximum Gasteiger partial charge on any atom is 0.696 e. The quantitative estimate of drug-likeness (QED) is 0.257. The number of hydrogen-bond acceptors (Lipinski definition) is 1. The average Bonchev–Trinajstić information content (AvgIpc) is 2.98. The second kappa shape index (κ2) is 10.2. The summed E-state index contributed by atoms with van der Waals surface area (Å²) in [5.41, 5.74) is 8.42. The van der Waals surface area contributed by atoms with E-state index in [1.165, 1.54) is 27.8 Å². The smallest absolute Gasteiger partial charge is 0.368 e. The summed E-state index contributed by atoms with van der Waals surface area (Å²) >= 11 is 0. The Morgan fingerprint density at radius 2 is 1.00 bits per heavy atom. The van der Waals surface area contributed by atoms with Gasteiger partial charge < -0.3 is 4.65 Å². The first-order valence-electron chi connectivity index (χ1n) is 12.5. The van der Waals surface area contributed by atoms with E-state index in [0.29, 0.717) is 6.61 Å². The van der Waals surface area contributed by atoms with E-state index >= 15 is 0 Å². The normalized spacial score (nSPS) is 15.4. The molecule has 5 aromatic rings. The summed E-state index contributed by atoms with van der Waals surface area (Å²) in [7, 11) is -0.159. The van der Waals surface area contributed by atoms with Crippen LogP contribution in [0.2, 0.25) is 0 Å².